The van der Waals surface area contributed by atoms with Crippen LogP contribution in [0.1, 0.15) is 85.0 Å². The molecule has 0 saturated carbocycles. The van der Waals surface area contributed by atoms with Crippen molar-refractivity contribution >= 4 is 27.2 Å². The van der Waals surface area contributed by atoms with Gasteiger partial charge in [-0.25, -0.2) is 9.56 Å². The van der Waals surface area contributed by atoms with Crippen molar-refractivity contribution in [3.8, 4) is 10.6 Å². The highest BCUT2D eigenvalue weighted by atomic mass is 32.1. The molecule has 1 saturated heterocycles. The van der Waals surface area contributed by atoms with Crippen LogP contribution in [0.3, 0.4) is 0 Å². The molecule has 1 atom stereocenters. The summed E-state index contributed by atoms with van der Waals surface area (Å²) in [7, 11) is 0. The van der Waals surface area contributed by atoms with Crippen LogP contribution in [0, 0.1) is 0 Å². The van der Waals surface area contributed by atoms with Crippen molar-refractivity contribution in [2.75, 3.05) is 24.5 Å². The highest BCUT2D eigenvalue weighted by Gasteiger charge is 2.21. The maximum atomic E-state index is 5.03. The molecule has 3 aliphatic rings. The molecule has 0 spiro atoms. The number of benzene rings is 2. The summed E-state index contributed by atoms with van der Waals surface area (Å²) in [4.78, 5) is 8.97. The molecule has 0 N–H and O–H groups in total. The molecule has 1 aliphatic carbocycles. The van der Waals surface area contributed by atoms with E-state index in [9.17, 15) is 0 Å². The van der Waals surface area contributed by atoms with E-state index in [1.54, 1.807) is 0 Å². The minimum atomic E-state index is 0.681. The van der Waals surface area contributed by atoms with Crippen LogP contribution in [0.15, 0.2) is 36.4 Å². The molecule has 4 rings (SSSR count). The van der Waals surface area contributed by atoms with Crippen LogP contribution in [0.2, 0.25) is 0 Å². The van der Waals surface area contributed by atoms with Gasteiger partial charge in [0, 0.05) is 43.2 Å². The Hall–Kier alpha value is -1.94. The number of aromatic nitrogens is 1. The van der Waals surface area contributed by atoms with Gasteiger partial charge < -0.3 is 4.90 Å². The second-order valence-electron chi connectivity index (χ2n) is 9.67. The topological polar surface area (TPSA) is 19.1 Å². The van der Waals surface area contributed by atoms with Crippen molar-refractivity contribution in [3.05, 3.63) is 41.8 Å². The molecule has 0 amide bonds. The molecule has 178 valence electrons. The first-order valence-corrected chi connectivity index (χ1v) is 14.2. The van der Waals surface area contributed by atoms with Crippen LogP contribution >= 0.6 is 11.3 Å². The lowest BCUT2D eigenvalue weighted by molar-refractivity contribution is 0.450. The molecular weight excluding hydrogens is 422 g/mol. The molecule has 3 nitrogen and oxygen atoms in total. The van der Waals surface area contributed by atoms with Gasteiger partial charge in [-0.05, 0) is 62.8 Å². The standard InChI is InChI=1S/C29H42N3S/c1-4-7-10-18-31(19-11-8-5-2)24-14-16-26-28(21-24)33-29-22-25(15-17-27(29)30-26)32-20-12-9-13-23(32)6-3/h14-17,21-23H,4-13,18-20H2,1-3H3/q+1. The second-order valence-corrected chi connectivity index (χ2v) is 10.8. The second kappa shape index (κ2) is 12.0. The fourth-order valence-corrected chi connectivity index (χ4v) is 6.25. The predicted octanol–water partition coefficient (Wildman–Crippen LogP) is 7.32. The van der Waals surface area contributed by atoms with Gasteiger partial charge in [-0.2, -0.15) is 0 Å². The van der Waals surface area contributed by atoms with Crippen LogP contribution in [-0.2, 0) is 0 Å². The largest absolute Gasteiger partial charge is 0.369 e. The first-order chi connectivity index (χ1) is 16.2. The Morgan fingerprint density at radius 2 is 1.73 bits per heavy atom. The van der Waals surface area contributed by atoms with E-state index < -0.39 is 0 Å². The van der Waals surface area contributed by atoms with E-state index in [1.807, 2.05) is 11.3 Å². The van der Waals surface area contributed by atoms with Gasteiger partial charge in [-0.1, -0.05) is 33.6 Å². The van der Waals surface area contributed by atoms with Gasteiger partial charge in [0.15, 0.2) is 0 Å². The van der Waals surface area contributed by atoms with Crippen molar-refractivity contribution in [3.63, 3.8) is 0 Å². The average Bonchev–Trinajstić information content (AvgIpc) is 2.86. The summed E-state index contributed by atoms with van der Waals surface area (Å²) < 4.78 is 3.92. The average molecular weight is 465 g/mol. The number of piperidine rings is 1. The van der Waals surface area contributed by atoms with Crippen molar-refractivity contribution in [1.82, 2.24) is 9.56 Å². The Kier molecular flexibility index (Phi) is 8.77. The zero-order chi connectivity index (χ0) is 23.0. The summed E-state index contributed by atoms with van der Waals surface area (Å²) in [6, 6.07) is 14.5. The molecular formula is C29H42N3S+. The summed E-state index contributed by atoms with van der Waals surface area (Å²) >= 11 is 1.91. The van der Waals surface area contributed by atoms with Crippen LogP contribution in [0.4, 0.5) is 5.69 Å². The highest BCUT2D eigenvalue weighted by molar-refractivity contribution is 7.21. The van der Waals surface area contributed by atoms with Crippen LogP contribution in [0.5, 0.6) is 0 Å². The number of unbranched alkanes of at least 4 members (excludes halogenated alkanes) is 4. The van der Waals surface area contributed by atoms with Crippen LogP contribution in [0.25, 0.3) is 20.8 Å². The van der Waals surface area contributed by atoms with E-state index in [0.717, 1.165) is 24.3 Å². The lowest BCUT2D eigenvalue weighted by Gasteiger charge is -2.37. The minimum absolute atomic E-state index is 0.681. The van der Waals surface area contributed by atoms with Gasteiger partial charge in [0.2, 0.25) is 5.36 Å². The highest BCUT2D eigenvalue weighted by Crippen LogP contribution is 2.34. The van der Waals surface area contributed by atoms with E-state index in [0.29, 0.717) is 6.04 Å². The van der Waals surface area contributed by atoms with Crippen molar-refractivity contribution in [2.24, 2.45) is 0 Å². The van der Waals surface area contributed by atoms with Gasteiger partial charge in [-0.3, -0.25) is 0 Å². The third-order valence-electron chi connectivity index (χ3n) is 7.21. The number of hydrogen-bond acceptors (Lipinski definition) is 3. The molecule has 2 heterocycles. The van der Waals surface area contributed by atoms with Gasteiger partial charge >= 0.3 is 0 Å². The van der Waals surface area contributed by atoms with Gasteiger partial charge in [-0.15, -0.1) is 11.3 Å². The van der Waals surface area contributed by atoms with Crippen molar-refractivity contribution < 1.29 is 0 Å². The summed E-state index contributed by atoms with van der Waals surface area (Å²) in [5.74, 6) is 0. The molecule has 33 heavy (non-hydrogen) atoms. The Morgan fingerprint density at radius 1 is 0.939 bits per heavy atom. The lowest BCUT2D eigenvalue weighted by Crippen LogP contribution is -2.39. The Labute approximate surface area is 204 Å². The lowest BCUT2D eigenvalue weighted by atomic mass is 9.99. The smallest absolute Gasteiger partial charge is 0.201 e. The van der Waals surface area contributed by atoms with E-state index >= 15 is 0 Å². The number of nitrogens with zero attached hydrogens (tertiary/aromatic N) is 3. The molecule has 4 heteroatoms. The number of rotatable bonds is 10. The normalized spacial score (nSPS) is 16.6. The van der Waals surface area contributed by atoms with E-state index in [1.165, 1.54) is 91.4 Å². The van der Waals surface area contributed by atoms with Crippen LogP contribution in [-0.4, -0.2) is 30.7 Å². The zero-order valence-corrected chi connectivity index (χ0v) is 21.8. The predicted molar refractivity (Wildman–Crippen MR) is 146 cm³/mol. The fraction of sp³-hybridized carbons (Fsp3) is 0.586. The molecule has 1 aromatic carbocycles. The molecule has 0 aromatic heterocycles. The number of fused-ring (bicyclic) bond motifs is 2. The van der Waals surface area contributed by atoms with Crippen molar-refractivity contribution in [1.29, 1.82) is 0 Å². The fourth-order valence-electron chi connectivity index (χ4n) is 5.22. The van der Waals surface area contributed by atoms with Gasteiger partial charge in [0.25, 0.3) is 0 Å². The molecule has 0 radical (unpaired) electrons. The Morgan fingerprint density at radius 3 is 2.45 bits per heavy atom. The third kappa shape index (κ3) is 5.95. The van der Waals surface area contributed by atoms with Gasteiger partial charge in [0.1, 0.15) is 13.1 Å². The molecule has 2 aliphatic heterocycles. The zero-order valence-electron chi connectivity index (χ0n) is 21.0. The van der Waals surface area contributed by atoms with E-state index in [2.05, 4.69) is 66.6 Å². The third-order valence-corrected chi connectivity index (χ3v) is 8.30. The minimum Gasteiger partial charge on any atom is -0.369 e. The molecule has 1 aromatic rings. The molecule has 0 bridgehead atoms. The summed E-state index contributed by atoms with van der Waals surface area (Å²) in [6.45, 7) is 10.4. The quantitative estimate of drug-likeness (QED) is 0.178. The monoisotopic (exact) mass is 464 g/mol. The molecule has 1 unspecified atom stereocenters. The summed E-state index contributed by atoms with van der Waals surface area (Å²) in [5, 5.41) is 1.37. The summed E-state index contributed by atoms with van der Waals surface area (Å²) in [5.41, 5.74) is 3.62. The number of hydrogen-bond donors (Lipinski definition) is 0. The van der Waals surface area contributed by atoms with E-state index in [4.69, 9.17) is 4.98 Å². The molecule has 1 fully saturated rings. The Balaban J connectivity index is 1.71. The Bertz CT molecular complexity index is 1060. The maximum Gasteiger partial charge on any atom is 0.201 e. The van der Waals surface area contributed by atoms with Gasteiger partial charge in [0.05, 0.1) is 20.8 Å². The van der Waals surface area contributed by atoms with Crippen molar-refractivity contribution in [2.45, 2.75) is 91.0 Å². The SMILES string of the molecule is CCCCC[N+](CCCCC)=c1ccc2nc3ccc(N4CCCCC4CC)cc3sc-2c1. The van der Waals surface area contributed by atoms with E-state index in [-0.39, 0.29) is 0 Å². The maximum absolute atomic E-state index is 5.03. The van der Waals surface area contributed by atoms with Crippen LogP contribution < -0.4 is 14.8 Å². The summed E-state index contributed by atoms with van der Waals surface area (Å²) in [6.07, 6.45) is 12.9. The first-order valence-electron chi connectivity index (χ1n) is 13.4. The first kappa shape index (κ1) is 24.2. The number of anilines is 1.